The Morgan fingerprint density at radius 2 is 1.92 bits per heavy atom. The second-order valence-electron chi connectivity index (χ2n) is 4.92. The van der Waals surface area contributed by atoms with Gasteiger partial charge >= 0.3 is 0 Å². The maximum absolute atomic E-state index is 11.7. The Kier molecular flexibility index (Phi) is 5.14. The Hall–Kier alpha value is -3.22. The number of hydrogen-bond acceptors (Lipinski definition) is 6. The Balaban J connectivity index is 1.42. The summed E-state index contributed by atoms with van der Waals surface area (Å²) in [5.41, 5.74) is 0.622. The van der Waals surface area contributed by atoms with E-state index in [-0.39, 0.29) is 12.5 Å². The first kappa shape index (κ1) is 15.7. The maximum atomic E-state index is 11.7. The molecule has 1 aromatic carbocycles. The van der Waals surface area contributed by atoms with Gasteiger partial charge in [-0.2, -0.15) is 0 Å². The first-order chi connectivity index (χ1) is 11.8. The quantitative estimate of drug-likeness (QED) is 0.713. The summed E-state index contributed by atoms with van der Waals surface area (Å²) in [5.74, 6) is 1.26. The molecule has 1 N–H and O–H groups in total. The van der Waals surface area contributed by atoms with Crippen molar-refractivity contribution in [2.24, 2.45) is 0 Å². The molecule has 0 aliphatic rings. The van der Waals surface area contributed by atoms with Crippen LogP contribution in [0.25, 0.3) is 11.6 Å². The monoisotopic (exact) mass is 324 g/mol. The molecular weight excluding hydrogens is 308 g/mol. The minimum Gasteiger partial charge on any atom is -0.484 e. The Morgan fingerprint density at radius 1 is 1.08 bits per heavy atom. The van der Waals surface area contributed by atoms with Gasteiger partial charge < -0.3 is 14.5 Å². The van der Waals surface area contributed by atoms with Crippen LogP contribution in [0.3, 0.4) is 0 Å². The average molecular weight is 324 g/mol. The van der Waals surface area contributed by atoms with Crippen LogP contribution < -0.4 is 10.1 Å². The van der Waals surface area contributed by atoms with Crippen molar-refractivity contribution in [2.75, 3.05) is 13.2 Å². The molecule has 7 heteroatoms. The van der Waals surface area contributed by atoms with Gasteiger partial charge in [-0.1, -0.05) is 24.3 Å². The first-order valence-corrected chi connectivity index (χ1v) is 7.49. The average Bonchev–Trinajstić information content (AvgIpc) is 3.11. The van der Waals surface area contributed by atoms with E-state index in [0.717, 1.165) is 0 Å². The van der Waals surface area contributed by atoms with Crippen molar-refractivity contribution in [3.63, 3.8) is 0 Å². The number of nitrogens with zero attached hydrogens (tertiary/aromatic N) is 3. The Bertz CT molecular complexity index is 775. The van der Waals surface area contributed by atoms with Crippen molar-refractivity contribution in [3.05, 3.63) is 60.6 Å². The molecule has 3 rings (SSSR count). The summed E-state index contributed by atoms with van der Waals surface area (Å²) in [6, 6.07) is 14.6. The van der Waals surface area contributed by atoms with Crippen molar-refractivity contribution < 1.29 is 13.9 Å². The first-order valence-electron chi connectivity index (χ1n) is 7.49. The summed E-state index contributed by atoms with van der Waals surface area (Å²) in [6.45, 7) is 0.355. The molecule has 0 radical (unpaired) electrons. The van der Waals surface area contributed by atoms with Crippen LogP contribution in [0.15, 0.2) is 59.1 Å². The maximum Gasteiger partial charge on any atom is 0.266 e. The van der Waals surface area contributed by atoms with E-state index in [4.69, 9.17) is 9.15 Å². The van der Waals surface area contributed by atoms with Crippen LogP contribution in [-0.4, -0.2) is 34.2 Å². The largest absolute Gasteiger partial charge is 0.484 e. The normalized spacial score (nSPS) is 10.3. The molecule has 0 fully saturated rings. The molecule has 7 nitrogen and oxygen atoms in total. The lowest BCUT2D eigenvalue weighted by Gasteiger charge is -2.06. The summed E-state index contributed by atoms with van der Waals surface area (Å²) < 4.78 is 10.9. The third-order valence-corrected chi connectivity index (χ3v) is 3.13. The number of carbonyl (C=O) groups is 1. The van der Waals surface area contributed by atoms with E-state index in [0.29, 0.717) is 36.2 Å². The number of rotatable bonds is 7. The summed E-state index contributed by atoms with van der Waals surface area (Å²) in [4.78, 5) is 15.9. The standard InChI is InChI=1S/C17H16N4O3/c22-15(12-23-13-6-2-1-3-7-13)19-11-9-16-20-21-17(24-16)14-8-4-5-10-18-14/h1-8,10H,9,11-12H2,(H,19,22). The number of para-hydroxylation sites is 1. The van der Waals surface area contributed by atoms with E-state index in [9.17, 15) is 4.79 Å². The lowest BCUT2D eigenvalue weighted by molar-refractivity contribution is -0.123. The molecule has 0 saturated heterocycles. The third-order valence-electron chi connectivity index (χ3n) is 3.13. The number of carbonyl (C=O) groups excluding carboxylic acids is 1. The lowest BCUT2D eigenvalue weighted by atomic mass is 10.3. The van der Waals surface area contributed by atoms with Gasteiger partial charge in [0.1, 0.15) is 11.4 Å². The number of ether oxygens (including phenoxy) is 1. The molecule has 0 unspecified atom stereocenters. The smallest absolute Gasteiger partial charge is 0.266 e. The third kappa shape index (κ3) is 4.39. The van der Waals surface area contributed by atoms with Crippen LogP contribution in [0, 0.1) is 0 Å². The lowest BCUT2D eigenvalue weighted by Crippen LogP contribution is -2.30. The molecule has 0 atom stereocenters. The molecular formula is C17H16N4O3. The van der Waals surface area contributed by atoms with Crippen LogP contribution in [-0.2, 0) is 11.2 Å². The van der Waals surface area contributed by atoms with Crippen LogP contribution in [0.1, 0.15) is 5.89 Å². The van der Waals surface area contributed by atoms with Gasteiger partial charge in [-0.15, -0.1) is 10.2 Å². The second kappa shape index (κ2) is 7.87. The van der Waals surface area contributed by atoms with Crippen LogP contribution in [0.2, 0.25) is 0 Å². The second-order valence-corrected chi connectivity index (χ2v) is 4.92. The SMILES string of the molecule is O=C(COc1ccccc1)NCCc1nnc(-c2ccccn2)o1. The van der Waals surface area contributed by atoms with E-state index in [1.807, 2.05) is 30.3 Å². The van der Waals surface area contributed by atoms with Gasteiger partial charge in [0.25, 0.3) is 11.8 Å². The summed E-state index contributed by atoms with van der Waals surface area (Å²) >= 11 is 0. The highest BCUT2D eigenvalue weighted by Gasteiger charge is 2.09. The molecule has 1 amide bonds. The van der Waals surface area contributed by atoms with Crippen LogP contribution in [0.4, 0.5) is 0 Å². The van der Waals surface area contributed by atoms with Gasteiger partial charge in [0, 0.05) is 19.2 Å². The van der Waals surface area contributed by atoms with Crippen molar-refractivity contribution in [2.45, 2.75) is 6.42 Å². The van der Waals surface area contributed by atoms with E-state index in [2.05, 4.69) is 20.5 Å². The predicted octanol–water partition coefficient (Wildman–Crippen LogP) is 1.87. The summed E-state index contributed by atoms with van der Waals surface area (Å²) in [6.07, 6.45) is 2.10. The summed E-state index contributed by atoms with van der Waals surface area (Å²) in [5, 5.41) is 10.6. The highest BCUT2D eigenvalue weighted by atomic mass is 16.5. The molecule has 2 aromatic heterocycles. The minimum absolute atomic E-state index is 0.0347. The summed E-state index contributed by atoms with van der Waals surface area (Å²) in [7, 11) is 0. The van der Waals surface area contributed by atoms with Gasteiger partial charge in [0.2, 0.25) is 5.89 Å². The topological polar surface area (TPSA) is 90.1 Å². The molecule has 0 bridgehead atoms. The van der Waals surface area contributed by atoms with E-state index in [1.165, 1.54) is 0 Å². The van der Waals surface area contributed by atoms with Gasteiger partial charge in [-0.25, -0.2) is 0 Å². The number of nitrogens with one attached hydrogen (secondary N) is 1. The fourth-order valence-corrected chi connectivity index (χ4v) is 1.97. The van der Waals surface area contributed by atoms with Crippen molar-refractivity contribution in [3.8, 4) is 17.3 Å². The number of hydrogen-bond donors (Lipinski definition) is 1. The zero-order chi connectivity index (χ0) is 16.6. The van der Waals surface area contributed by atoms with E-state index >= 15 is 0 Å². The van der Waals surface area contributed by atoms with Crippen LogP contribution in [0.5, 0.6) is 5.75 Å². The van der Waals surface area contributed by atoms with Crippen molar-refractivity contribution >= 4 is 5.91 Å². The van der Waals surface area contributed by atoms with Gasteiger partial charge in [0.15, 0.2) is 6.61 Å². The van der Waals surface area contributed by atoms with Crippen LogP contribution >= 0.6 is 0 Å². The molecule has 0 aliphatic heterocycles. The number of amides is 1. The number of pyridine rings is 1. The van der Waals surface area contributed by atoms with Gasteiger partial charge in [0.05, 0.1) is 0 Å². The van der Waals surface area contributed by atoms with Gasteiger partial charge in [-0.3, -0.25) is 9.78 Å². The fraction of sp³-hybridized carbons (Fsp3) is 0.176. The predicted molar refractivity (Wildman–Crippen MR) is 86.2 cm³/mol. The zero-order valence-corrected chi connectivity index (χ0v) is 12.9. The number of benzene rings is 1. The molecule has 24 heavy (non-hydrogen) atoms. The van der Waals surface area contributed by atoms with Crippen molar-refractivity contribution in [1.29, 1.82) is 0 Å². The van der Waals surface area contributed by atoms with E-state index in [1.54, 1.807) is 24.4 Å². The van der Waals surface area contributed by atoms with Gasteiger partial charge in [-0.05, 0) is 24.3 Å². The van der Waals surface area contributed by atoms with E-state index < -0.39 is 0 Å². The molecule has 2 heterocycles. The fourth-order valence-electron chi connectivity index (χ4n) is 1.97. The Morgan fingerprint density at radius 3 is 2.71 bits per heavy atom. The minimum atomic E-state index is -0.205. The Labute approximate surface area is 138 Å². The molecule has 0 spiro atoms. The molecule has 0 saturated carbocycles. The molecule has 3 aromatic rings. The van der Waals surface area contributed by atoms with Crippen molar-refractivity contribution in [1.82, 2.24) is 20.5 Å². The molecule has 122 valence electrons. The highest BCUT2D eigenvalue weighted by molar-refractivity contribution is 5.77. The molecule has 0 aliphatic carbocycles. The zero-order valence-electron chi connectivity index (χ0n) is 12.9. The highest BCUT2D eigenvalue weighted by Crippen LogP contribution is 2.14. The number of aromatic nitrogens is 3.